The minimum absolute atomic E-state index is 0.0708. The van der Waals surface area contributed by atoms with Crippen molar-refractivity contribution in [2.75, 3.05) is 13.1 Å². The Morgan fingerprint density at radius 3 is 1.46 bits per heavy atom. The molecule has 0 bridgehead atoms. The molecular weight excluding hydrogens is 714 g/mol. The van der Waals surface area contributed by atoms with Crippen LogP contribution in [0.4, 0.5) is 0 Å². The minimum atomic E-state index is -0.534. The lowest BCUT2D eigenvalue weighted by Gasteiger charge is -2.36. The van der Waals surface area contributed by atoms with Crippen molar-refractivity contribution >= 4 is 23.6 Å². The summed E-state index contributed by atoms with van der Waals surface area (Å²) in [6, 6.07) is 0. The highest BCUT2D eigenvalue weighted by Gasteiger charge is 2.33. The molecule has 3 heterocycles. The topological polar surface area (TPSA) is 168 Å². The molecule has 56 heavy (non-hydrogen) atoms. The predicted octanol–water partition coefficient (Wildman–Crippen LogP) is 9.57. The van der Waals surface area contributed by atoms with E-state index in [0.29, 0.717) is 17.7 Å². The zero-order chi connectivity index (χ0) is 40.9. The van der Waals surface area contributed by atoms with Gasteiger partial charge in [-0.15, -0.1) is 0 Å². The van der Waals surface area contributed by atoms with Gasteiger partial charge in [-0.2, -0.15) is 9.97 Å². The van der Waals surface area contributed by atoms with Gasteiger partial charge in [0.25, 0.3) is 11.7 Å². The molecule has 1 saturated heterocycles. The van der Waals surface area contributed by atoms with Gasteiger partial charge in [-0.1, -0.05) is 107 Å². The summed E-state index contributed by atoms with van der Waals surface area (Å²) >= 11 is 0. The van der Waals surface area contributed by atoms with Crippen molar-refractivity contribution in [2.45, 2.75) is 194 Å². The Kier molecular flexibility index (Phi) is 17.1. The summed E-state index contributed by atoms with van der Waals surface area (Å²) in [5.41, 5.74) is -1.06. The zero-order valence-corrected chi connectivity index (χ0v) is 35.5. The molecule has 2 saturated carbocycles. The van der Waals surface area contributed by atoms with Crippen molar-refractivity contribution in [3.8, 4) is 0 Å². The molecular formula is C43H69N5O8. The smallest absolute Gasteiger partial charge is 0.307 e. The van der Waals surface area contributed by atoms with E-state index in [1.54, 1.807) is 4.90 Å². The summed E-state index contributed by atoms with van der Waals surface area (Å²) in [6.45, 7) is 16.1. The van der Waals surface area contributed by atoms with Crippen LogP contribution in [0.25, 0.3) is 0 Å². The molecule has 2 atom stereocenters. The van der Waals surface area contributed by atoms with Crippen molar-refractivity contribution in [1.29, 1.82) is 0 Å². The minimum Gasteiger partial charge on any atom is -0.460 e. The summed E-state index contributed by atoms with van der Waals surface area (Å²) < 4.78 is 21.7. The number of Topliss-reactive ketones (excluding diaryl/α,β-unsaturated/α-hetero) is 1. The van der Waals surface area contributed by atoms with Crippen molar-refractivity contribution < 1.29 is 37.7 Å². The Bertz CT molecular complexity index is 1540. The van der Waals surface area contributed by atoms with E-state index in [9.17, 15) is 19.2 Å². The number of aromatic nitrogens is 4. The van der Waals surface area contributed by atoms with Crippen LogP contribution in [0.2, 0.25) is 0 Å². The van der Waals surface area contributed by atoms with Gasteiger partial charge >= 0.3 is 11.9 Å². The van der Waals surface area contributed by atoms with E-state index in [2.05, 4.69) is 27.2 Å². The molecule has 314 valence electrons. The quantitative estimate of drug-likeness (QED) is 0.117. The summed E-state index contributed by atoms with van der Waals surface area (Å²) in [7, 11) is 0. The Morgan fingerprint density at radius 2 is 1.09 bits per heavy atom. The number of ketones is 1. The number of nitrogens with zero attached hydrogens (tertiary/aromatic N) is 5. The van der Waals surface area contributed by atoms with Gasteiger partial charge in [-0.3, -0.25) is 19.2 Å². The van der Waals surface area contributed by atoms with Gasteiger partial charge in [0.05, 0.1) is 12.8 Å². The molecule has 0 aromatic carbocycles. The Balaban J connectivity index is 0.000000251. The molecule has 0 radical (unpaired) electrons. The van der Waals surface area contributed by atoms with Crippen LogP contribution in [-0.2, 0) is 19.1 Å². The molecule has 2 aromatic rings. The molecule has 3 aliphatic rings. The molecule has 0 spiro atoms. The number of carbonyl (C=O) groups excluding carboxylic acids is 4. The first-order valence-corrected chi connectivity index (χ1v) is 21.4. The number of ether oxygens (including phenoxy) is 2. The fraction of sp³-hybridized carbons (Fsp3) is 0.814. The van der Waals surface area contributed by atoms with Gasteiger partial charge in [0.15, 0.2) is 0 Å². The van der Waals surface area contributed by atoms with Gasteiger partial charge in [-0.25, -0.2) is 0 Å². The number of likely N-dealkylation sites (tertiary alicyclic amines) is 1. The first kappa shape index (κ1) is 45.1. The lowest BCUT2D eigenvalue weighted by molar-refractivity contribution is -0.156. The number of esters is 2. The highest BCUT2D eigenvalue weighted by Crippen LogP contribution is 2.33. The molecule has 1 aliphatic heterocycles. The number of amides is 1. The number of rotatable bonds is 16. The van der Waals surface area contributed by atoms with E-state index >= 15 is 0 Å². The first-order chi connectivity index (χ1) is 26.5. The highest BCUT2D eigenvalue weighted by molar-refractivity contribution is 5.91. The van der Waals surface area contributed by atoms with Crippen LogP contribution >= 0.6 is 0 Å². The van der Waals surface area contributed by atoms with Crippen LogP contribution < -0.4 is 0 Å². The Hall–Kier alpha value is -3.64. The van der Waals surface area contributed by atoms with Crippen LogP contribution in [-0.4, -0.2) is 73.1 Å². The predicted molar refractivity (Wildman–Crippen MR) is 211 cm³/mol. The first-order valence-electron chi connectivity index (χ1n) is 21.4. The zero-order valence-electron chi connectivity index (χ0n) is 35.5. The number of carbonyl (C=O) groups is 4. The molecule has 3 fully saturated rings. The van der Waals surface area contributed by atoms with E-state index in [4.69, 9.17) is 18.5 Å². The molecule has 0 N–H and O–H groups in total. The van der Waals surface area contributed by atoms with Gasteiger partial charge in [0, 0.05) is 31.8 Å². The lowest BCUT2D eigenvalue weighted by atomic mass is 9.84. The van der Waals surface area contributed by atoms with Gasteiger partial charge in [0.1, 0.15) is 11.2 Å². The maximum absolute atomic E-state index is 12.5. The molecule has 2 aliphatic carbocycles. The van der Waals surface area contributed by atoms with Crippen LogP contribution in [0.15, 0.2) is 9.05 Å². The second-order valence-electron chi connectivity index (χ2n) is 18.6. The fourth-order valence-electron chi connectivity index (χ4n) is 8.09. The standard InChI is InChI=1S/C23H37N3O4.C20H32N2O4/c1-16-14-26(15-16)22(28)20-24-21(30-25-20)18(13-19(27)29-23(2,3)4)12-8-11-17-9-6-5-7-10-17;1-14(23)18-21-19(26-22-18)16(13-17(24)25-20(2,3)4)12-8-11-15-9-6-5-7-10-15/h16-18H,5-15H2,1-4H3;15-16H,5-13H2,1-4H3/t18-;16-/m11/s1. The van der Waals surface area contributed by atoms with Gasteiger partial charge < -0.3 is 23.4 Å². The van der Waals surface area contributed by atoms with Crippen LogP contribution in [0.5, 0.6) is 0 Å². The van der Waals surface area contributed by atoms with E-state index in [1.165, 1.54) is 77.6 Å². The Morgan fingerprint density at radius 1 is 0.679 bits per heavy atom. The molecule has 5 rings (SSSR count). The fourth-order valence-corrected chi connectivity index (χ4v) is 8.09. The molecule has 0 unspecified atom stereocenters. The summed E-state index contributed by atoms with van der Waals surface area (Å²) in [6.07, 6.45) is 19.6. The van der Waals surface area contributed by atoms with Crippen molar-refractivity contribution in [2.24, 2.45) is 17.8 Å². The second kappa shape index (κ2) is 21.2. The van der Waals surface area contributed by atoms with Crippen LogP contribution in [0.1, 0.15) is 216 Å². The molecule has 13 heteroatoms. The van der Waals surface area contributed by atoms with Crippen molar-refractivity contribution in [3.63, 3.8) is 0 Å². The summed E-state index contributed by atoms with van der Waals surface area (Å²) in [5, 5.41) is 7.64. The largest absolute Gasteiger partial charge is 0.460 e. The monoisotopic (exact) mass is 784 g/mol. The average molecular weight is 784 g/mol. The van der Waals surface area contributed by atoms with E-state index in [0.717, 1.165) is 57.0 Å². The molecule has 13 nitrogen and oxygen atoms in total. The highest BCUT2D eigenvalue weighted by atomic mass is 16.6. The third-order valence-electron chi connectivity index (χ3n) is 10.9. The van der Waals surface area contributed by atoms with Crippen LogP contribution in [0, 0.1) is 17.8 Å². The van der Waals surface area contributed by atoms with Crippen molar-refractivity contribution in [3.05, 3.63) is 23.4 Å². The number of hydrogen-bond donors (Lipinski definition) is 0. The normalized spacial score (nSPS) is 18.3. The molecule has 1 amide bonds. The SMILES string of the molecule is CC(=O)c1noc([C@H](CCCC2CCCCC2)CC(=O)OC(C)(C)C)n1.CC1CN(C(=O)c2noc([C@H](CCCC3CCCCC3)CC(=O)OC(C)(C)C)n2)C1. The molecule has 2 aromatic heterocycles. The van der Waals surface area contributed by atoms with E-state index in [-0.39, 0.29) is 60.0 Å². The summed E-state index contributed by atoms with van der Waals surface area (Å²) in [4.78, 5) is 58.9. The maximum atomic E-state index is 12.5. The van der Waals surface area contributed by atoms with E-state index < -0.39 is 11.2 Å². The van der Waals surface area contributed by atoms with Gasteiger partial charge in [-0.05, 0) is 72.1 Å². The third kappa shape index (κ3) is 15.7. The lowest BCUT2D eigenvalue weighted by Crippen LogP contribution is -2.48. The average Bonchev–Trinajstić information content (AvgIpc) is 3.81. The van der Waals surface area contributed by atoms with E-state index in [1.807, 2.05) is 41.5 Å². The third-order valence-corrected chi connectivity index (χ3v) is 10.9. The Labute approximate surface area is 334 Å². The van der Waals surface area contributed by atoms with Gasteiger partial charge in [0.2, 0.25) is 23.4 Å². The second-order valence-corrected chi connectivity index (χ2v) is 18.6. The number of hydrogen-bond acceptors (Lipinski definition) is 12. The van der Waals surface area contributed by atoms with Crippen molar-refractivity contribution in [1.82, 2.24) is 25.2 Å². The van der Waals surface area contributed by atoms with Crippen LogP contribution in [0.3, 0.4) is 0 Å². The maximum Gasteiger partial charge on any atom is 0.307 e. The summed E-state index contributed by atoms with van der Waals surface area (Å²) in [5.74, 6) is 1.61.